The predicted octanol–water partition coefficient (Wildman–Crippen LogP) is 4.63. The van der Waals surface area contributed by atoms with Gasteiger partial charge in [-0.25, -0.2) is 15.8 Å². The number of nitrogen functional groups attached to an aromatic ring is 1. The van der Waals surface area contributed by atoms with Crippen LogP contribution in [0.4, 0.5) is 5.82 Å². The van der Waals surface area contributed by atoms with Crippen LogP contribution < -0.4 is 26.6 Å². The van der Waals surface area contributed by atoms with E-state index in [0.717, 1.165) is 17.0 Å². The summed E-state index contributed by atoms with van der Waals surface area (Å²) in [7, 11) is 0. The third kappa shape index (κ3) is 10.1. The van der Waals surface area contributed by atoms with Crippen LogP contribution in [0.15, 0.2) is 102 Å². The Hall–Kier alpha value is -4.67. The maximum Gasteiger partial charge on any atom is 0.252 e. The van der Waals surface area contributed by atoms with Crippen molar-refractivity contribution in [1.29, 1.82) is 0 Å². The number of carbonyl (C=O) groups excluding carboxylic acids is 2. The van der Waals surface area contributed by atoms with E-state index in [0.29, 0.717) is 54.7 Å². The molecule has 2 heterocycles. The van der Waals surface area contributed by atoms with Crippen LogP contribution in [0.25, 0.3) is 6.08 Å². The lowest BCUT2D eigenvalue weighted by atomic mass is 10.2. The first-order valence-electron chi connectivity index (χ1n) is 13.6. The van der Waals surface area contributed by atoms with Crippen LogP contribution in [-0.4, -0.2) is 41.5 Å². The summed E-state index contributed by atoms with van der Waals surface area (Å²) >= 11 is 1.70. The van der Waals surface area contributed by atoms with E-state index in [-0.39, 0.29) is 11.8 Å². The number of hydrazine groups is 1. The van der Waals surface area contributed by atoms with Crippen LogP contribution in [0, 0.1) is 0 Å². The molecule has 2 aromatic carbocycles. The second-order valence-electron chi connectivity index (χ2n) is 9.18. The number of nitrogens with two attached hydrogens (primary N) is 1. The summed E-state index contributed by atoms with van der Waals surface area (Å²) in [5.41, 5.74) is 5.52. The van der Waals surface area contributed by atoms with Gasteiger partial charge >= 0.3 is 0 Å². The maximum atomic E-state index is 12.5. The largest absolute Gasteiger partial charge is 0.491 e. The third-order valence-electron chi connectivity index (χ3n) is 6.07. The summed E-state index contributed by atoms with van der Waals surface area (Å²) in [6, 6.07) is 27.4. The van der Waals surface area contributed by atoms with E-state index in [1.54, 1.807) is 30.0 Å². The van der Waals surface area contributed by atoms with Crippen LogP contribution >= 0.6 is 11.8 Å². The molecule has 42 heavy (non-hydrogen) atoms. The minimum absolute atomic E-state index is 0.242. The molecule has 0 aliphatic heterocycles. The predicted molar refractivity (Wildman–Crippen MR) is 167 cm³/mol. The van der Waals surface area contributed by atoms with Gasteiger partial charge in [0.2, 0.25) is 5.91 Å². The molecule has 4 rings (SSSR count). The van der Waals surface area contributed by atoms with Crippen LogP contribution in [0.3, 0.4) is 0 Å². The molecule has 0 saturated heterocycles. The molecule has 0 saturated carbocycles. The number of nitrogens with zero attached hydrogens (tertiary/aromatic N) is 2. The number of pyridine rings is 2. The molecular formula is C32H34N6O3S. The number of carbonyl (C=O) groups is 2. The Morgan fingerprint density at radius 1 is 0.905 bits per heavy atom. The van der Waals surface area contributed by atoms with Crippen molar-refractivity contribution in [3.05, 3.63) is 120 Å². The summed E-state index contributed by atoms with van der Waals surface area (Å²) in [5.74, 6) is 6.58. The van der Waals surface area contributed by atoms with Gasteiger partial charge in [-0.05, 0) is 54.5 Å². The van der Waals surface area contributed by atoms with Gasteiger partial charge in [-0.15, -0.1) is 11.8 Å². The summed E-state index contributed by atoms with van der Waals surface area (Å²) in [4.78, 5) is 34.7. The molecule has 0 atom stereocenters. The minimum atomic E-state index is -0.253. The number of anilines is 1. The van der Waals surface area contributed by atoms with Crippen molar-refractivity contribution in [2.24, 2.45) is 5.84 Å². The third-order valence-corrected chi connectivity index (χ3v) is 7.11. The van der Waals surface area contributed by atoms with Crippen molar-refractivity contribution >= 4 is 35.5 Å². The molecule has 216 valence electrons. The molecule has 5 N–H and O–H groups in total. The monoisotopic (exact) mass is 582 g/mol. The summed E-state index contributed by atoms with van der Waals surface area (Å²) in [6.45, 7) is 1.30. The van der Waals surface area contributed by atoms with E-state index in [1.807, 2.05) is 48.5 Å². The molecule has 10 heteroatoms. The fraction of sp³-hybridized carbons (Fsp3) is 0.188. The van der Waals surface area contributed by atoms with Gasteiger partial charge in [-0.3, -0.25) is 9.59 Å². The van der Waals surface area contributed by atoms with Gasteiger partial charge in [0.1, 0.15) is 17.3 Å². The van der Waals surface area contributed by atoms with Gasteiger partial charge in [-0.1, -0.05) is 48.5 Å². The number of thioether (sulfide) groups is 1. The molecule has 0 bridgehead atoms. The van der Waals surface area contributed by atoms with Gasteiger partial charge in [0.25, 0.3) is 5.91 Å². The zero-order valence-electron chi connectivity index (χ0n) is 23.2. The molecule has 9 nitrogen and oxygen atoms in total. The lowest BCUT2D eigenvalue weighted by Gasteiger charge is -2.11. The van der Waals surface area contributed by atoms with Gasteiger partial charge < -0.3 is 20.8 Å². The molecule has 0 unspecified atom stereocenters. The minimum Gasteiger partial charge on any atom is -0.491 e. The number of nitrogens with one attached hydrogen (secondary N) is 3. The Bertz CT molecular complexity index is 1450. The molecule has 0 aliphatic carbocycles. The zero-order valence-corrected chi connectivity index (χ0v) is 24.0. The van der Waals surface area contributed by atoms with Crippen LogP contribution in [0.5, 0.6) is 5.75 Å². The second kappa shape index (κ2) is 16.6. The lowest BCUT2D eigenvalue weighted by molar-refractivity contribution is -0.116. The van der Waals surface area contributed by atoms with Gasteiger partial charge in [0, 0.05) is 42.4 Å². The van der Waals surface area contributed by atoms with Crippen molar-refractivity contribution in [2.45, 2.75) is 23.5 Å². The number of aromatic nitrogens is 2. The Morgan fingerprint density at radius 3 is 2.40 bits per heavy atom. The number of ether oxygens (including phenoxy) is 1. The highest BCUT2D eigenvalue weighted by Crippen LogP contribution is 2.25. The van der Waals surface area contributed by atoms with Crippen molar-refractivity contribution in [1.82, 2.24) is 20.6 Å². The topological polar surface area (TPSA) is 131 Å². The highest BCUT2D eigenvalue weighted by atomic mass is 32.2. The Labute approximate surface area is 250 Å². The van der Waals surface area contributed by atoms with Crippen molar-refractivity contribution in [2.75, 3.05) is 25.1 Å². The molecule has 0 aliphatic rings. The molecular weight excluding hydrogens is 548 g/mol. The maximum absolute atomic E-state index is 12.5. The fourth-order valence-corrected chi connectivity index (χ4v) is 4.68. The van der Waals surface area contributed by atoms with Gasteiger partial charge in [0.05, 0.1) is 17.9 Å². The molecule has 2 amide bonds. The first-order chi connectivity index (χ1) is 20.6. The number of rotatable bonds is 15. The Kier molecular flexibility index (Phi) is 11.9. The van der Waals surface area contributed by atoms with Gasteiger partial charge in [-0.2, -0.15) is 0 Å². The average molecular weight is 583 g/mol. The zero-order chi connectivity index (χ0) is 29.4. The smallest absolute Gasteiger partial charge is 0.252 e. The quantitative estimate of drug-likeness (QED) is 0.0525. The first-order valence-corrected chi connectivity index (χ1v) is 14.6. The van der Waals surface area contributed by atoms with Crippen LogP contribution in [0.2, 0.25) is 0 Å². The number of hydrogen-bond donors (Lipinski definition) is 4. The molecule has 0 fully saturated rings. The van der Waals surface area contributed by atoms with E-state index in [2.05, 4.69) is 45.3 Å². The molecule has 4 aromatic rings. The SMILES string of the molecule is NNc1ccc(C(=O)NCCCNC(=O)C=Cc2nc(CSc3ccccc3)ccc2OCCc2ccccc2)cn1. The fourth-order valence-electron chi connectivity index (χ4n) is 3.85. The van der Waals surface area contributed by atoms with Crippen molar-refractivity contribution in [3.8, 4) is 5.75 Å². The number of amides is 2. The van der Waals surface area contributed by atoms with Crippen molar-refractivity contribution in [3.63, 3.8) is 0 Å². The second-order valence-corrected chi connectivity index (χ2v) is 10.2. The van der Waals surface area contributed by atoms with E-state index < -0.39 is 0 Å². The normalized spacial score (nSPS) is 10.8. The van der Waals surface area contributed by atoms with Crippen LogP contribution in [-0.2, 0) is 17.0 Å². The number of benzene rings is 2. The van der Waals surface area contributed by atoms with Gasteiger partial charge in [0.15, 0.2) is 0 Å². The summed E-state index contributed by atoms with van der Waals surface area (Å²) in [5, 5.41) is 5.65. The Balaban J connectivity index is 1.29. The average Bonchev–Trinajstić information content (AvgIpc) is 3.04. The first kappa shape index (κ1) is 30.3. The van der Waals surface area contributed by atoms with Crippen LogP contribution in [0.1, 0.15) is 33.7 Å². The standard InChI is InChI=1S/C32H34N6O3S/c33-38-30-16-12-25(22-36-30)32(40)35-20-7-19-34-31(39)17-14-28-29(41-21-18-24-8-3-1-4-9-24)15-13-26(37-28)23-42-27-10-5-2-6-11-27/h1-6,8-17,22H,7,18-21,23,33H2,(H,34,39)(H,35,40)(H,36,38). The Morgan fingerprint density at radius 2 is 1.67 bits per heavy atom. The summed E-state index contributed by atoms with van der Waals surface area (Å²) in [6.07, 6.45) is 5.91. The lowest BCUT2D eigenvalue weighted by Crippen LogP contribution is -2.29. The highest BCUT2D eigenvalue weighted by Gasteiger charge is 2.08. The molecule has 0 radical (unpaired) electrons. The molecule has 2 aromatic heterocycles. The molecule has 0 spiro atoms. The van der Waals surface area contributed by atoms with E-state index in [4.69, 9.17) is 15.6 Å². The number of hydrogen-bond acceptors (Lipinski definition) is 8. The summed E-state index contributed by atoms with van der Waals surface area (Å²) < 4.78 is 6.07. The van der Waals surface area contributed by atoms with E-state index in [9.17, 15) is 9.59 Å². The van der Waals surface area contributed by atoms with Crippen molar-refractivity contribution < 1.29 is 14.3 Å². The highest BCUT2D eigenvalue weighted by molar-refractivity contribution is 7.98. The van der Waals surface area contributed by atoms with E-state index >= 15 is 0 Å². The van der Waals surface area contributed by atoms with E-state index in [1.165, 1.54) is 17.8 Å².